The van der Waals surface area contributed by atoms with Crippen molar-refractivity contribution in [3.8, 4) is 0 Å². The summed E-state index contributed by atoms with van der Waals surface area (Å²) in [6.07, 6.45) is -1.99. The molecule has 0 bridgehead atoms. The molecule has 2 unspecified atom stereocenters. The summed E-state index contributed by atoms with van der Waals surface area (Å²) in [5, 5.41) is 0. The molecule has 0 heterocycles. The normalized spacial score (nSPS) is 13.6. The summed E-state index contributed by atoms with van der Waals surface area (Å²) in [6, 6.07) is 0. The van der Waals surface area contributed by atoms with Crippen molar-refractivity contribution in [1.82, 2.24) is 0 Å². The number of ketones is 2. The summed E-state index contributed by atoms with van der Waals surface area (Å²) in [5.41, 5.74) is -4.33. The van der Waals surface area contributed by atoms with Gasteiger partial charge in [-0.05, 0) is 67.2 Å². The zero-order valence-corrected chi connectivity index (χ0v) is 29.1. The maximum atomic E-state index is 12.8. The van der Waals surface area contributed by atoms with Crippen LogP contribution in [0.25, 0.3) is 0 Å². The lowest BCUT2D eigenvalue weighted by Gasteiger charge is -2.29. The van der Waals surface area contributed by atoms with Crippen LogP contribution in [-0.2, 0) is 66.8 Å². The molecule has 0 amide bonds. The molecule has 268 valence electrons. The average molecular weight is 673 g/mol. The molecule has 0 saturated heterocycles. The first-order chi connectivity index (χ1) is 22.0. The molecule has 14 heteroatoms. The van der Waals surface area contributed by atoms with Gasteiger partial charge in [0.25, 0.3) is 0 Å². The molecule has 0 spiro atoms. The second-order valence-corrected chi connectivity index (χ2v) is 11.8. The minimum Gasteiger partial charge on any atom is -0.466 e. The smallest absolute Gasteiger partial charge is 0.319 e. The monoisotopic (exact) mass is 672 g/mol. The molecule has 14 nitrogen and oxygen atoms in total. The predicted molar refractivity (Wildman–Crippen MR) is 165 cm³/mol. The van der Waals surface area contributed by atoms with E-state index in [1.54, 1.807) is 41.5 Å². The Hall–Kier alpha value is -3.84. The van der Waals surface area contributed by atoms with Crippen molar-refractivity contribution in [3.05, 3.63) is 0 Å². The van der Waals surface area contributed by atoms with Gasteiger partial charge in [-0.1, -0.05) is 13.8 Å². The Kier molecular flexibility index (Phi) is 19.4. The number of ether oxygens (including phenoxy) is 6. The quantitative estimate of drug-likeness (QED) is 0.0820. The number of hydrogen-bond acceptors (Lipinski definition) is 14. The van der Waals surface area contributed by atoms with Gasteiger partial charge in [0.1, 0.15) is 22.4 Å². The largest absolute Gasteiger partial charge is 0.466 e. The topological polar surface area (TPSA) is 192 Å². The van der Waals surface area contributed by atoms with Gasteiger partial charge in [-0.25, -0.2) is 0 Å². The molecule has 0 radical (unpaired) electrons. The number of hydrogen-bond donors (Lipinski definition) is 0. The lowest BCUT2D eigenvalue weighted by molar-refractivity contribution is -0.164. The molecule has 0 aliphatic carbocycles. The summed E-state index contributed by atoms with van der Waals surface area (Å²) in [6.45, 7) is 12.0. The minimum absolute atomic E-state index is 0.00319. The lowest BCUT2D eigenvalue weighted by Crippen LogP contribution is -2.41. The standard InChI is InChI=1S/C33H52O14/c1-9-42-25(36)13-17-32(23(5)34,29(40)44-11-3)19-15-27(38)46-21-31(7,8)22-47-28(39)16-20-33(24(6)35,30(41)45-12-4)18-14-26(37)43-10-2/h9-22H2,1-8H3. The summed E-state index contributed by atoms with van der Waals surface area (Å²) >= 11 is 0. The van der Waals surface area contributed by atoms with Crippen molar-refractivity contribution >= 4 is 47.4 Å². The van der Waals surface area contributed by atoms with E-state index >= 15 is 0 Å². The molecule has 0 aromatic rings. The molecule has 0 fully saturated rings. The third-order valence-electron chi connectivity index (χ3n) is 7.56. The molecule has 0 aliphatic heterocycles. The summed E-state index contributed by atoms with van der Waals surface area (Å²) in [7, 11) is 0. The first kappa shape index (κ1) is 43.2. The van der Waals surface area contributed by atoms with Crippen molar-refractivity contribution in [1.29, 1.82) is 0 Å². The van der Waals surface area contributed by atoms with Crippen LogP contribution in [0.5, 0.6) is 0 Å². The van der Waals surface area contributed by atoms with E-state index in [9.17, 15) is 38.4 Å². The van der Waals surface area contributed by atoms with Gasteiger partial charge in [-0.2, -0.15) is 0 Å². The maximum absolute atomic E-state index is 12.8. The van der Waals surface area contributed by atoms with E-state index in [0.29, 0.717) is 0 Å². The van der Waals surface area contributed by atoms with Gasteiger partial charge < -0.3 is 28.4 Å². The van der Waals surface area contributed by atoms with Crippen LogP contribution in [0.3, 0.4) is 0 Å². The summed E-state index contributed by atoms with van der Waals surface area (Å²) in [4.78, 5) is 100. The fourth-order valence-electron chi connectivity index (χ4n) is 4.65. The van der Waals surface area contributed by atoms with Crippen LogP contribution in [0, 0.1) is 16.2 Å². The van der Waals surface area contributed by atoms with E-state index in [4.69, 9.17) is 28.4 Å². The fourth-order valence-corrected chi connectivity index (χ4v) is 4.65. The molecular formula is C33H52O14. The number of Topliss-reactive ketones (excluding diaryl/α,β-unsaturated/α-hetero) is 2. The number of carbonyl (C=O) groups is 8. The zero-order chi connectivity index (χ0) is 36.3. The average Bonchev–Trinajstić information content (AvgIpc) is 2.99. The molecule has 0 aromatic heterocycles. The third-order valence-corrected chi connectivity index (χ3v) is 7.56. The fraction of sp³-hybridized carbons (Fsp3) is 0.758. The first-order valence-electron chi connectivity index (χ1n) is 16.0. The second kappa shape index (κ2) is 21.1. The Balaban J connectivity index is 5.32. The van der Waals surface area contributed by atoms with E-state index < -0.39 is 63.6 Å². The molecule has 0 saturated carbocycles. The van der Waals surface area contributed by atoms with Crippen LogP contribution < -0.4 is 0 Å². The van der Waals surface area contributed by atoms with Crippen LogP contribution in [0.4, 0.5) is 0 Å². The number of carbonyl (C=O) groups excluding carboxylic acids is 8. The lowest BCUT2D eigenvalue weighted by atomic mass is 9.75. The maximum Gasteiger partial charge on any atom is 0.319 e. The SMILES string of the molecule is CCOC(=O)CCC(CCC(=O)OCC(C)(C)COC(=O)CCC(CCC(=O)OCC)(C(C)=O)C(=O)OCC)(C(C)=O)C(=O)OCC. The molecule has 0 aromatic carbocycles. The predicted octanol–water partition coefficient (Wildman–Crippen LogP) is 3.62. The van der Waals surface area contributed by atoms with E-state index in [1.807, 2.05) is 0 Å². The van der Waals surface area contributed by atoms with Crippen molar-refractivity contribution in [3.63, 3.8) is 0 Å². The molecule has 2 atom stereocenters. The molecular weight excluding hydrogens is 620 g/mol. The van der Waals surface area contributed by atoms with Crippen molar-refractivity contribution in [2.45, 2.75) is 107 Å². The third kappa shape index (κ3) is 14.6. The van der Waals surface area contributed by atoms with Gasteiger partial charge >= 0.3 is 35.8 Å². The van der Waals surface area contributed by atoms with Crippen molar-refractivity contribution < 1.29 is 66.8 Å². The Morgan fingerprint density at radius 2 is 0.681 bits per heavy atom. The zero-order valence-electron chi connectivity index (χ0n) is 29.1. The van der Waals surface area contributed by atoms with Gasteiger partial charge in [0.2, 0.25) is 0 Å². The van der Waals surface area contributed by atoms with E-state index in [1.165, 1.54) is 13.8 Å². The van der Waals surface area contributed by atoms with Crippen molar-refractivity contribution in [2.75, 3.05) is 39.6 Å². The van der Waals surface area contributed by atoms with Gasteiger partial charge in [-0.3, -0.25) is 38.4 Å². The van der Waals surface area contributed by atoms with Crippen LogP contribution in [0.1, 0.15) is 107 Å². The van der Waals surface area contributed by atoms with E-state index in [2.05, 4.69) is 0 Å². The van der Waals surface area contributed by atoms with Crippen molar-refractivity contribution in [2.24, 2.45) is 16.2 Å². The highest BCUT2D eigenvalue weighted by atomic mass is 16.6. The Morgan fingerprint density at radius 1 is 0.426 bits per heavy atom. The minimum atomic E-state index is -1.73. The van der Waals surface area contributed by atoms with E-state index in [-0.39, 0.29) is 91.0 Å². The van der Waals surface area contributed by atoms with Crippen LogP contribution in [-0.4, -0.2) is 87.0 Å². The number of esters is 6. The molecule has 47 heavy (non-hydrogen) atoms. The Labute approximate surface area is 276 Å². The summed E-state index contributed by atoms with van der Waals surface area (Å²) in [5.74, 6) is -5.42. The van der Waals surface area contributed by atoms with Crippen LogP contribution in [0.2, 0.25) is 0 Å². The highest BCUT2D eigenvalue weighted by Gasteiger charge is 2.46. The summed E-state index contributed by atoms with van der Waals surface area (Å²) < 4.78 is 30.7. The van der Waals surface area contributed by atoms with Gasteiger partial charge in [-0.15, -0.1) is 0 Å². The number of rotatable bonds is 24. The van der Waals surface area contributed by atoms with E-state index in [0.717, 1.165) is 0 Å². The first-order valence-corrected chi connectivity index (χ1v) is 16.0. The van der Waals surface area contributed by atoms with Gasteiger partial charge in [0.05, 0.1) is 39.6 Å². The van der Waals surface area contributed by atoms with Gasteiger partial charge in [0, 0.05) is 31.1 Å². The Bertz CT molecular complexity index is 1030. The van der Waals surface area contributed by atoms with Gasteiger partial charge in [0.15, 0.2) is 0 Å². The molecule has 0 aliphatic rings. The molecule has 0 N–H and O–H groups in total. The highest BCUT2D eigenvalue weighted by Crippen LogP contribution is 2.35. The van der Waals surface area contributed by atoms with Crippen LogP contribution >= 0.6 is 0 Å². The molecule has 0 rings (SSSR count). The highest BCUT2D eigenvalue weighted by molar-refractivity contribution is 6.04. The Morgan fingerprint density at radius 3 is 0.915 bits per heavy atom. The second-order valence-electron chi connectivity index (χ2n) is 11.8. The van der Waals surface area contributed by atoms with Crippen LogP contribution in [0.15, 0.2) is 0 Å².